The van der Waals surface area contributed by atoms with Crippen molar-refractivity contribution in [3.8, 4) is 0 Å². The molecule has 0 fully saturated rings. The SMILES string of the molecule is CCOC(=O)c1nc(C)n(CCCCOC(C)C)c1N. The zero-order valence-electron chi connectivity index (χ0n) is 12.8. The van der Waals surface area contributed by atoms with E-state index in [0.717, 1.165) is 31.8 Å². The number of nitrogen functional groups attached to an aromatic ring is 1. The first-order valence-corrected chi connectivity index (χ1v) is 7.08. The number of esters is 1. The zero-order valence-corrected chi connectivity index (χ0v) is 12.8. The van der Waals surface area contributed by atoms with Crippen LogP contribution in [0.3, 0.4) is 0 Å². The van der Waals surface area contributed by atoms with E-state index in [-0.39, 0.29) is 11.8 Å². The second-order valence-electron chi connectivity index (χ2n) is 4.89. The highest BCUT2D eigenvalue weighted by atomic mass is 16.5. The first kappa shape index (κ1) is 16.5. The van der Waals surface area contributed by atoms with E-state index in [1.165, 1.54) is 0 Å². The second kappa shape index (κ2) is 7.89. The molecule has 0 aliphatic carbocycles. The lowest BCUT2D eigenvalue weighted by Gasteiger charge is -2.09. The molecule has 1 aromatic heterocycles. The predicted molar refractivity (Wildman–Crippen MR) is 77.7 cm³/mol. The molecule has 0 spiro atoms. The Balaban J connectivity index is 2.56. The van der Waals surface area contributed by atoms with Crippen molar-refractivity contribution in [1.29, 1.82) is 0 Å². The zero-order chi connectivity index (χ0) is 15.1. The molecule has 0 atom stereocenters. The first-order chi connectivity index (χ1) is 9.47. The van der Waals surface area contributed by atoms with Gasteiger partial charge in [0.05, 0.1) is 12.7 Å². The standard InChI is InChI=1S/C14H25N3O3/c1-5-19-14(18)12-13(15)17(11(4)16-12)8-6-7-9-20-10(2)3/h10H,5-9,15H2,1-4H3. The lowest BCUT2D eigenvalue weighted by Crippen LogP contribution is -2.11. The summed E-state index contributed by atoms with van der Waals surface area (Å²) in [6.07, 6.45) is 2.13. The summed E-state index contributed by atoms with van der Waals surface area (Å²) in [6.45, 7) is 9.40. The summed E-state index contributed by atoms with van der Waals surface area (Å²) in [5.74, 6) is 0.649. The molecule has 20 heavy (non-hydrogen) atoms. The molecule has 0 radical (unpaired) electrons. The normalized spacial score (nSPS) is 11.1. The van der Waals surface area contributed by atoms with Gasteiger partial charge in [-0.2, -0.15) is 0 Å². The van der Waals surface area contributed by atoms with Crippen LogP contribution in [-0.4, -0.2) is 34.8 Å². The fourth-order valence-corrected chi connectivity index (χ4v) is 1.90. The van der Waals surface area contributed by atoms with Crippen molar-refractivity contribution in [2.45, 2.75) is 53.2 Å². The van der Waals surface area contributed by atoms with Gasteiger partial charge in [-0.05, 0) is 40.5 Å². The molecule has 2 N–H and O–H groups in total. The van der Waals surface area contributed by atoms with Crippen LogP contribution in [0.25, 0.3) is 0 Å². The van der Waals surface area contributed by atoms with Crippen molar-refractivity contribution in [3.63, 3.8) is 0 Å². The van der Waals surface area contributed by atoms with Crippen LogP contribution >= 0.6 is 0 Å². The second-order valence-corrected chi connectivity index (χ2v) is 4.89. The van der Waals surface area contributed by atoms with Crippen LogP contribution in [0.5, 0.6) is 0 Å². The predicted octanol–water partition coefficient (Wildman–Crippen LogP) is 2.16. The molecule has 1 aromatic rings. The number of ether oxygens (including phenoxy) is 2. The minimum atomic E-state index is -0.463. The average molecular weight is 283 g/mol. The summed E-state index contributed by atoms with van der Waals surface area (Å²) in [6, 6.07) is 0. The molecule has 1 heterocycles. The fraction of sp³-hybridized carbons (Fsp3) is 0.714. The van der Waals surface area contributed by atoms with Gasteiger partial charge in [-0.25, -0.2) is 9.78 Å². The Labute approximate surface area is 120 Å². The highest BCUT2D eigenvalue weighted by Gasteiger charge is 2.19. The van der Waals surface area contributed by atoms with Gasteiger partial charge >= 0.3 is 5.97 Å². The van der Waals surface area contributed by atoms with Crippen molar-refractivity contribution >= 4 is 11.8 Å². The summed E-state index contributed by atoms with van der Waals surface area (Å²) < 4.78 is 12.3. The minimum absolute atomic E-state index is 0.211. The van der Waals surface area contributed by atoms with Gasteiger partial charge in [0.1, 0.15) is 11.6 Å². The van der Waals surface area contributed by atoms with E-state index in [1.54, 1.807) is 6.92 Å². The van der Waals surface area contributed by atoms with E-state index >= 15 is 0 Å². The van der Waals surface area contributed by atoms with Crippen molar-refractivity contribution in [2.75, 3.05) is 18.9 Å². The molecule has 0 aliphatic heterocycles. The molecular formula is C14H25N3O3. The number of hydrogen-bond acceptors (Lipinski definition) is 5. The maximum atomic E-state index is 11.7. The summed E-state index contributed by atoms with van der Waals surface area (Å²) in [7, 11) is 0. The summed E-state index contributed by atoms with van der Waals surface area (Å²) in [5, 5.41) is 0. The van der Waals surface area contributed by atoms with Crippen molar-refractivity contribution in [1.82, 2.24) is 9.55 Å². The number of aromatic nitrogens is 2. The lowest BCUT2D eigenvalue weighted by atomic mass is 10.3. The van der Waals surface area contributed by atoms with Gasteiger partial charge in [0.15, 0.2) is 5.69 Å². The number of aryl methyl sites for hydroxylation is 1. The van der Waals surface area contributed by atoms with E-state index in [2.05, 4.69) is 4.98 Å². The number of anilines is 1. The number of nitrogens with zero attached hydrogens (tertiary/aromatic N) is 2. The van der Waals surface area contributed by atoms with E-state index in [9.17, 15) is 4.79 Å². The van der Waals surface area contributed by atoms with Gasteiger partial charge in [-0.3, -0.25) is 0 Å². The highest BCUT2D eigenvalue weighted by molar-refractivity contribution is 5.92. The number of carbonyl (C=O) groups excluding carboxylic acids is 1. The highest BCUT2D eigenvalue weighted by Crippen LogP contribution is 2.16. The quantitative estimate of drug-likeness (QED) is 0.584. The van der Waals surface area contributed by atoms with Crippen LogP contribution in [0.1, 0.15) is 49.9 Å². The molecule has 6 heteroatoms. The van der Waals surface area contributed by atoms with Gasteiger partial charge < -0.3 is 19.8 Å². The number of hydrogen-bond donors (Lipinski definition) is 1. The molecular weight excluding hydrogens is 258 g/mol. The number of nitrogens with two attached hydrogens (primary N) is 1. The molecule has 0 bridgehead atoms. The number of imidazole rings is 1. The Kier molecular flexibility index (Phi) is 6.51. The Morgan fingerprint density at radius 3 is 2.70 bits per heavy atom. The molecule has 0 saturated heterocycles. The summed E-state index contributed by atoms with van der Waals surface area (Å²) in [4.78, 5) is 15.9. The monoisotopic (exact) mass is 283 g/mol. The smallest absolute Gasteiger partial charge is 0.360 e. The van der Waals surface area contributed by atoms with E-state index in [0.29, 0.717) is 12.4 Å². The third-order valence-electron chi connectivity index (χ3n) is 2.89. The van der Waals surface area contributed by atoms with Crippen molar-refractivity contribution < 1.29 is 14.3 Å². The Morgan fingerprint density at radius 1 is 1.40 bits per heavy atom. The maximum Gasteiger partial charge on any atom is 0.360 e. The molecule has 1 rings (SSSR count). The van der Waals surface area contributed by atoms with Crippen molar-refractivity contribution in [2.24, 2.45) is 0 Å². The third-order valence-corrected chi connectivity index (χ3v) is 2.89. The lowest BCUT2D eigenvalue weighted by molar-refractivity contribution is 0.0521. The largest absolute Gasteiger partial charge is 0.461 e. The van der Waals surface area contributed by atoms with Crippen LogP contribution in [-0.2, 0) is 16.0 Å². The van der Waals surface area contributed by atoms with Gasteiger partial charge in [0.2, 0.25) is 0 Å². The third kappa shape index (κ3) is 4.52. The van der Waals surface area contributed by atoms with Crippen molar-refractivity contribution in [3.05, 3.63) is 11.5 Å². The van der Waals surface area contributed by atoms with Crippen LogP contribution < -0.4 is 5.73 Å². The molecule has 0 saturated carbocycles. The molecule has 0 aromatic carbocycles. The van der Waals surface area contributed by atoms with Gasteiger partial charge in [0, 0.05) is 13.2 Å². The first-order valence-electron chi connectivity index (χ1n) is 7.08. The van der Waals surface area contributed by atoms with E-state index in [1.807, 2.05) is 25.3 Å². The molecule has 0 unspecified atom stereocenters. The minimum Gasteiger partial charge on any atom is -0.461 e. The Morgan fingerprint density at radius 2 is 2.10 bits per heavy atom. The number of unbranched alkanes of at least 4 members (excludes halogenated alkanes) is 1. The topological polar surface area (TPSA) is 79.4 Å². The van der Waals surface area contributed by atoms with Crippen LogP contribution in [0.4, 0.5) is 5.82 Å². The number of carbonyl (C=O) groups is 1. The van der Waals surface area contributed by atoms with E-state index in [4.69, 9.17) is 15.2 Å². The molecule has 0 aliphatic rings. The summed E-state index contributed by atoms with van der Waals surface area (Å²) in [5.41, 5.74) is 6.18. The fourth-order valence-electron chi connectivity index (χ4n) is 1.90. The molecule has 6 nitrogen and oxygen atoms in total. The molecule has 114 valence electrons. The van der Waals surface area contributed by atoms with Crippen LogP contribution in [0.15, 0.2) is 0 Å². The Bertz CT molecular complexity index is 441. The van der Waals surface area contributed by atoms with E-state index < -0.39 is 5.97 Å². The van der Waals surface area contributed by atoms with Gasteiger partial charge in [0.25, 0.3) is 0 Å². The summed E-state index contributed by atoms with van der Waals surface area (Å²) >= 11 is 0. The van der Waals surface area contributed by atoms with Gasteiger partial charge in [-0.15, -0.1) is 0 Å². The number of rotatable bonds is 8. The molecule has 0 amide bonds. The van der Waals surface area contributed by atoms with Crippen LogP contribution in [0, 0.1) is 6.92 Å². The van der Waals surface area contributed by atoms with Gasteiger partial charge in [-0.1, -0.05) is 0 Å². The van der Waals surface area contributed by atoms with Crippen LogP contribution in [0.2, 0.25) is 0 Å². The average Bonchev–Trinajstić information content (AvgIpc) is 2.65. The Hall–Kier alpha value is -1.56. The maximum absolute atomic E-state index is 11.7.